The van der Waals surface area contributed by atoms with E-state index in [4.69, 9.17) is 22.7 Å². The Hall–Kier alpha value is -1.52. The van der Waals surface area contributed by atoms with Crippen molar-refractivity contribution >= 4 is 29.2 Å². The number of hydrogen-bond donors (Lipinski definition) is 2. The SMILES string of the molecule is N=C(N)c1cc(Sc2ccccc2Cl)ccn1. The second-order valence-electron chi connectivity index (χ2n) is 3.32. The van der Waals surface area contributed by atoms with Gasteiger partial charge in [0.05, 0.1) is 5.02 Å². The second-order valence-corrected chi connectivity index (χ2v) is 4.85. The smallest absolute Gasteiger partial charge is 0.141 e. The van der Waals surface area contributed by atoms with Crippen molar-refractivity contribution in [3.63, 3.8) is 0 Å². The van der Waals surface area contributed by atoms with E-state index in [0.717, 1.165) is 9.79 Å². The molecule has 0 aliphatic rings. The van der Waals surface area contributed by atoms with Gasteiger partial charge in [0.25, 0.3) is 0 Å². The molecule has 0 bridgehead atoms. The van der Waals surface area contributed by atoms with Gasteiger partial charge in [0, 0.05) is 16.0 Å². The molecule has 0 aliphatic carbocycles. The van der Waals surface area contributed by atoms with Gasteiger partial charge in [-0.15, -0.1) is 0 Å². The minimum atomic E-state index is -0.0355. The third kappa shape index (κ3) is 2.99. The van der Waals surface area contributed by atoms with Gasteiger partial charge in [-0.3, -0.25) is 10.4 Å². The lowest BCUT2D eigenvalue weighted by molar-refractivity contribution is 1.21. The van der Waals surface area contributed by atoms with Crippen molar-refractivity contribution < 1.29 is 0 Å². The lowest BCUT2D eigenvalue weighted by Gasteiger charge is -2.04. The van der Waals surface area contributed by atoms with Crippen LogP contribution in [0.2, 0.25) is 5.02 Å². The summed E-state index contributed by atoms with van der Waals surface area (Å²) in [7, 11) is 0. The van der Waals surface area contributed by atoms with Gasteiger partial charge in [0.1, 0.15) is 11.5 Å². The highest BCUT2D eigenvalue weighted by Crippen LogP contribution is 2.32. The lowest BCUT2D eigenvalue weighted by Crippen LogP contribution is -2.12. The van der Waals surface area contributed by atoms with Crippen LogP contribution in [0.15, 0.2) is 52.4 Å². The molecular weight excluding hydrogens is 254 g/mol. The number of amidine groups is 1. The number of nitrogens with two attached hydrogens (primary N) is 1. The number of halogens is 1. The third-order valence-corrected chi connectivity index (χ3v) is 3.58. The van der Waals surface area contributed by atoms with Crippen molar-refractivity contribution in [2.45, 2.75) is 9.79 Å². The maximum atomic E-state index is 7.33. The quantitative estimate of drug-likeness (QED) is 0.660. The van der Waals surface area contributed by atoms with Gasteiger partial charge in [-0.2, -0.15) is 0 Å². The first-order valence-electron chi connectivity index (χ1n) is 4.89. The fourth-order valence-corrected chi connectivity index (χ4v) is 2.39. The number of nitrogens with zero attached hydrogens (tertiary/aromatic N) is 1. The Morgan fingerprint density at radius 2 is 2.06 bits per heavy atom. The van der Waals surface area contributed by atoms with Crippen LogP contribution in [0.3, 0.4) is 0 Å². The lowest BCUT2D eigenvalue weighted by atomic mass is 10.3. The van der Waals surface area contributed by atoms with Gasteiger partial charge in [0.2, 0.25) is 0 Å². The summed E-state index contributed by atoms with van der Waals surface area (Å²) in [5, 5.41) is 8.04. The minimum absolute atomic E-state index is 0.0355. The Morgan fingerprint density at radius 1 is 1.29 bits per heavy atom. The molecule has 0 radical (unpaired) electrons. The molecule has 0 fully saturated rings. The summed E-state index contributed by atoms with van der Waals surface area (Å²) in [4.78, 5) is 5.93. The van der Waals surface area contributed by atoms with E-state index in [0.29, 0.717) is 10.7 Å². The van der Waals surface area contributed by atoms with E-state index >= 15 is 0 Å². The van der Waals surface area contributed by atoms with Crippen molar-refractivity contribution in [2.24, 2.45) is 5.73 Å². The van der Waals surface area contributed by atoms with Crippen molar-refractivity contribution in [1.82, 2.24) is 4.98 Å². The summed E-state index contributed by atoms with van der Waals surface area (Å²) in [6, 6.07) is 11.2. The van der Waals surface area contributed by atoms with E-state index in [2.05, 4.69) is 4.98 Å². The Morgan fingerprint density at radius 3 is 2.76 bits per heavy atom. The maximum absolute atomic E-state index is 7.33. The highest BCUT2D eigenvalue weighted by Gasteiger charge is 2.04. The minimum Gasteiger partial charge on any atom is -0.382 e. The predicted molar refractivity (Wildman–Crippen MR) is 70.8 cm³/mol. The molecule has 0 aliphatic heterocycles. The Labute approximate surface area is 109 Å². The van der Waals surface area contributed by atoms with Gasteiger partial charge in [-0.1, -0.05) is 35.5 Å². The monoisotopic (exact) mass is 263 g/mol. The molecule has 0 atom stereocenters. The van der Waals surface area contributed by atoms with E-state index < -0.39 is 0 Å². The van der Waals surface area contributed by atoms with Crippen molar-refractivity contribution in [2.75, 3.05) is 0 Å². The van der Waals surface area contributed by atoms with E-state index in [9.17, 15) is 0 Å². The molecule has 2 rings (SSSR count). The zero-order valence-corrected chi connectivity index (χ0v) is 10.4. The van der Waals surface area contributed by atoms with Gasteiger partial charge in [-0.05, 0) is 24.3 Å². The molecule has 17 heavy (non-hydrogen) atoms. The third-order valence-electron chi connectivity index (χ3n) is 2.07. The number of aromatic nitrogens is 1. The van der Waals surface area contributed by atoms with Crippen LogP contribution in [0.25, 0.3) is 0 Å². The molecule has 5 heteroatoms. The van der Waals surface area contributed by atoms with Crippen LogP contribution in [0, 0.1) is 5.41 Å². The maximum Gasteiger partial charge on any atom is 0.141 e. The molecule has 2 aromatic rings. The van der Waals surface area contributed by atoms with Crippen LogP contribution in [0.5, 0.6) is 0 Å². The van der Waals surface area contributed by atoms with Gasteiger partial charge >= 0.3 is 0 Å². The van der Waals surface area contributed by atoms with Crippen LogP contribution in [0.1, 0.15) is 5.69 Å². The second kappa shape index (κ2) is 5.21. The fourth-order valence-electron chi connectivity index (χ4n) is 1.28. The predicted octanol–water partition coefficient (Wildman–Crippen LogP) is 3.17. The summed E-state index contributed by atoms with van der Waals surface area (Å²) in [6.45, 7) is 0. The molecule has 0 unspecified atom stereocenters. The molecule has 1 aromatic carbocycles. The highest BCUT2D eigenvalue weighted by atomic mass is 35.5. The van der Waals surface area contributed by atoms with Gasteiger partial charge in [-0.25, -0.2) is 0 Å². The number of hydrogen-bond acceptors (Lipinski definition) is 3. The number of benzene rings is 1. The summed E-state index contributed by atoms with van der Waals surface area (Å²) in [5.74, 6) is -0.0355. The number of nitrogens with one attached hydrogen (secondary N) is 1. The molecule has 0 amide bonds. The average Bonchev–Trinajstić information content (AvgIpc) is 2.32. The topological polar surface area (TPSA) is 62.8 Å². The Balaban J connectivity index is 2.28. The molecule has 3 N–H and O–H groups in total. The van der Waals surface area contributed by atoms with Crippen LogP contribution in [0.4, 0.5) is 0 Å². The molecular formula is C12H10ClN3S. The highest BCUT2D eigenvalue weighted by molar-refractivity contribution is 7.99. The van der Waals surface area contributed by atoms with Crippen LogP contribution >= 0.6 is 23.4 Å². The molecule has 1 heterocycles. The zero-order chi connectivity index (χ0) is 12.3. The molecule has 1 aromatic heterocycles. The van der Waals surface area contributed by atoms with E-state index in [1.54, 1.807) is 12.3 Å². The van der Waals surface area contributed by atoms with Gasteiger partial charge < -0.3 is 5.73 Å². The first kappa shape index (κ1) is 12.0. The van der Waals surface area contributed by atoms with E-state index in [1.165, 1.54) is 11.8 Å². The summed E-state index contributed by atoms with van der Waals surface area (Å²) >= 11 is 7.59. The van der Waals surface area contributed by atoms with Crippen LogP contribution < -0.4 is 5.73 Å². The van der Waals surface area contributed by atoms with Gasteiger partial charge in [0.15, 0.2) is 0 Å². The normalized spacial score (nSPS) is 10.2. The molecule has 3 nitrogen and oxygen atoms in total. The van der Waals surface area contributed by atoms with Crippen molar-refractivity contribution in [3.05, 3.63) is 53.3 Å². The number of nitrogen functional groups attached to an aromatic ring is 1. The molecule has 0 saturated carbocycles. The largest absolute Gasteiger partial charge is 0.382 e. The standard InChI is InChI=1S/C12H10ClN3S/c13-9-3-1-2-4-11(9)17-8-5-6-16-10(7-8)12(14)15/h1-7H,(H3,14,15). The summed E-state index contributed by atoms with van der Waals surface area (Å²) < 4.78 is 0. The number of pyridine rings is 1. The Bertz CT molecular complexity index is 557. The van der Waals surface area contributed by atoms with Crippen LogP contribution in [-0.4, -0.2) is 10.8 Å². The molecule has 0 saturated heterocycles. The van der Waals surface area contributed by atoms with Crippen molar-refractivity contribution in [1.29, 1.82) is 5.41 Å². The van der Waals surface area contributed by atoms with Crippen molar-refractivity contribution in [3.8, 4) is 0 Å². The molecule has 0 spiro atoms. The fraction of sp³-hybridized carbons (Fsp3) is 0. The van der Waals surface area contributed by atoms with Crippen LogP contribution in [-0.2, 0) is 0 Å². The molecule has 86 valence electrons. The average molecular weight is 264 g/mol. The number of rotatable bonds is 3. The first-order chi connectivity index (χ1) is 8.16. The summed E-state index contributed by atoms with van der Waals surface area (Å²) in [5.41, 5.74) is 5.87. The van der Waals surface area contributed by atoms with E-state index in [-0.39, 0.29) is 5.84 Å². The van der Waals surface area contributed by atoms with E-state index in [1.807, 2.05) is 30.3 Å². The zero-order valence-electron chi connectivity index (χ0n) is 8.85. The first-order valence-corrected chi connectivity index (χ1v) is 6.09. The summed E-state index contributed by atoms with van der Waals surface area (Å²) in [6.07, 6.45) is 1.63. The Kier molecular flexibility index (Phi) is 3.66.